The zero-order valence-corrected chi connectivity index (χ0v) is 34.8. The van der Waals surface area contributed by atoms with Crippen molar-refractivity contribution < 1.29 is 28.2 Å². The fourth-order valence-electron chi connectivity index (χ4n) is 7.44. The van der Waals surface area contributed by atoms with Crippen LogP contribution in [0.5, 0.6) is 5.75 Å². The summed E-state index contributed by atoms with van der Waals surface area (Å²) in [5.41, 5.74) is 10.0. The number of thiophene rings is 1. The molecule has 2 aliphatic rings. The highest BCUT2D eigenvalue weighted by molar-refractivity contribution is 7.13. The Bertz CT molecular complexity index is 2560. The molecule has 21 nitrogen and oxygen atoms in total. The minimum Gasteiger partial charge on any atom is -0.484 e. The Hall–Kier alpha value is -6.45. The number of ether oxygens (including phenoxy) is 3. The number of carbonyl (C=O) groups is 2. The molecular weight excluding hydrogens is 825 g/mol. The van der Waals surface area contributed by atoms with Crippen LogP contribution in [0.4, 0.5) is 5.95 Å². The van der Waals surface area contributed by atoms with E-state index in [1.54, 1.807) is 17.4 Å². The van der Waals surface area contributed by atoms with E-state index >= 15 is 0 Å². The third-order valence-corrected chi connectivity index (χ3v) is 11.4. The maximum Gasteiger partial charge on any atom is 0.422 e. The lowest BCUT2D eigenvalue weighted by molar-refractivity contribution is -0.140. The number of likely N-dealkylation sites (tertiary alicyclic amines) is 2. The molecule has 0 saturated carbocycles. The van der Waals surface area contributed by atoms with Crippen LogP contribution in [0.2, 0.25) is 0 Å². The van der Waals surface area contributed by atoms with Gasteiger partial charge in [-0.1, -0.05) is 11.2 Å². The monoisotopic (exact) mass is 870 g/mol. The Morgan fingerprint density at radius 2 is 1.87 bits per heavy atom. The third kappa shape index (κ3) is 11.3. The van der Waals surface area contributed by atoms with Crippen LogP contribution in [-0.2, 0) is 32.7 Å². The molecule has 326 valence electrons. The lowest BCUT2D eigenvalue weighted by Crippen LogP contribution is -2.48. The summed E-state index contributed by atoms with van der Waals surface area (Å²) >= 11 is 1.58. The van der Waals surface area contributed by atoms with E-state index < -0.39 is 41.9 Å². The zero-order valence-electron chi connectivity index (χ0n) is 33.9. The molecule has 5 aromatic rings. The fourth-order valence-corrected chi connectivity index (χ4v) is 8.14. The van der Waals surface area contributed by atoms with Crippen LogP contribution in [0.25, 0.3) is 31.9 Å². The summed E-state index contributed by atoms with van der Waals surface area (Å²) in [7, 11) is 1.44. The number of H-pyrrole nitrogens is 1. The minimum absolute atomic E-state index is 0.0357. The molecule has 2 fully saturated rings. The number of amides is 2. The summed E-state index contributed by atoms with van der Waals surface area (Å²) in [6.07, 6.45) is 5.71. The highest BCUT2D eigenvalue weighted by Gasteiger charge is 2.39. The van der Waals surface area contributed by atoms with E-state index in [1.165, 1.54) is 30.1 Å². The van der Waals surface area contributed by atoms with Crippen LogP contribution in [0.1, 0.15) is 36.6 Å². The number of benzene rings is 1. The number of azide groups is 1. The number of nitrogens with one attached hydrogen (secondary N) is 3. The van der Waals surface area contributed by atoms with Crippen molar-refractivity contribution in [3.63, 3.8) is 0 Å². The SMILES string of the molecule is Cn1c(=O)oc(=O)c2ccc(OCC(=O)N3CC(N=[N+]=[N-])C[C@H]3C(=O)NCCOCCOCCNc3ncc(CN4CCCC(c5nc(=O)cc(-c6cccs6)[nH]5)C4)cn3)cc21. The Morgan fingerprint density at radius 1 is 1.06 bits per heavy atom. The van der Waals surface area contributed by atoms with Crippen LogP contribution < -0.4 is 32.3 Å². The van der Waals surface area contributed by atoms with Crippen LogP contribution in [0.3, 0.4) is 0 Å². The second-order valence-electron chi connectivity index (χ2n) is 14.8. The predicted octanol–water partition coefficient (Wildman–Crippen LogP) is 2.39. The minimum atomic E-state index is -0.889. The first-order valence-electron chi connectivity index (χ1n) is 20.1. The molecule has 3 N–H and O–H groups in total. The summed E-state index contributed by atoms with van der Waals surface area (Å²) in [6.45, 7) is 3.88. The Kier molecular flexibility index (Phi) is 14.7. The molecule has 7 rings (SSSR count). The molecule has 0 aliphatic carbocycles. The maximum absolute atomic E-state index is 13.2. The third-order valence-electron chi connectivity index (χ3n) is 10.5. The molecule has 4 aromatic heterocycles. The number of hydrogen-bond donors (Lipinski definition) is 3. The first-order chi connectivity index (χ1) is 30.1. The number of nitrogens with zero attached hydrogens (tertiary/aromatic N) is 9. The van der Waals surface area contributed by atoms with Crippen molar-refractivity contribution in [2.45, 2.75) is 43.8 Å². The summed E-state index contributed by atoms with van der Waals surface area (Å²) in [6, 6.07) is 8.36. The van der Waals surface area contributed by atoms with Crippen molar-refractivity contribution in [1.29, 1.82) is 0 Å². The molecule has 22 heteroatoms. The van der Waals surface area contributed by atoms with Crippen molar-refractivity contribution in [3.8, 4) is 16.3 Å². The van der Waals surface area contributed by atoms with Gasteiger partial charge in [0.1, 0.15) is 17.6 Å². The van der Waals surface area contributed by atoms with Gasteiger partial charge in [-0.3, -0.25) is 23.9 Å². The molecule has 0 bridgehead atoms. The van der Waals surface area contributed by atoms with E-state index in [0.29, 0.717) is 38.9 Å². The van der Waals surface area contributed by atoms with Gasteiger partial charge in [0.2, 0.25) is 11.9 Å². The highest BCUT2D eigenvalue weighted by atomic mass is 32.1. The number of aromatic amines is 1. The van der Waals surface area contributed by atoms with Crippen LogP contribution in [0, 0.1) is 0 Å². The molecule has 62 heavy (non-hydrogen) atoms. The van der Waals surface area contributed by atoms with Crippen molar-refractivity contribution in [3.05, 3.63) is 107 Å². The van der Waals surface area contributed by atoms with Gasteiger partial charge in [-0.2, -0.15) is 4.98 Å². The summed E-state index contributed by atoms with van der Waals surface area (Å²) in [4.78, 5) is 86.7. The van der Waals surface area contributed by atoms with E-state index in [4.69, 9.17) is 19.7 Å². The van der Waals surface area contributed by atoms with Crippen molar-refractivity contribution in [2.24, 2.45) is 12.2 Å². The number of carbonyl (C=O) groups excluding carboxylic acids is 2. The molecular formula is C40H46N12O9S. The molecule has 3 atom stereocenters. The van der Waals surface area contributed by atoms with Crippen LogP contribution >= 0.6 is 11.3 Å². The smallest absolute Gasteiger partial charge is 0.422 e. The number of aryl methyl sites for hydroxylation is 1. The Morgan fingerprint density at radius 3 is 2.65 bits per heavy atom. The van der Waals surface area contributed by atoms with Gasteiger partial charge in [-0.15, -0.1) is 11.3 Å². The largest absolute Gasteiger partial charge is 0.484 e. The average Bonchev–Trinajstić information content (AvgIpc) is 3.98. The number of hydrogen-bond acceptors (Lipinski definition) is 16. The van der Waals surface area contributed by atoms with E-state index in [9.17, 15) is 24.0 Å². The van der Waals surface area contributed by atoms with E-state index in [0.717, 1.165) is 52.5 Å². The molecule has 2 aliphatic heterocycles. The number of fused-ring (bicyclic) bond motifs is 1. The van der Waals surface area contributed by atoms with Crippen LogP contribution in [0.15, 0.2) is 78.1 Å². The summed E-state index contributed by atoms with van der Waals surface area (Å²) in [5.74, 6) is -0.203. The molecule has 6 heterocycles. The van der Waals surface area contributed by atoms with Gasteiger partial charge in [0, 0.05) is 80.7 Å². The first-order valence-corrected chi connectivity index (χ1v) is 21.0. The Labute approximate surface area is 357 Å². The number of piperidine rings is 1. The van der Waals surface area contributed by atoms with Gasteiger partial charge in [0.25, 0.3) is 11.5 Å². The van der Waals surface area contributed by atoms with Crippen molar-refractivity contribution in [1.82, 2.24) is 39.6 Å². The Balaban J connectivity index is 0.765. The number of anilines is 1. The summed E-state index contributed by atoms with van der Waals surface area (Å²) < 4.78 is 22.7. The number of aromatic nitrogens is 5. The fraction of sp³-hybridized carbons (Fsp3) is 0.450. The van der Waals surface area contributed by atoms with E-state index in [-0.39, 0.29) is 54.2 Å². The topological polar surface area (TPSA) is 265 Å². The molecule has 2 amide bonds. The second kappa shape index (κ2) is 20.9. The normalized spacial score (nSPS) is 17.8. The lowest BCUT2D eigenvalue weighted by Gasteiger charge is -2.32. The summed E-state index contributed by atoms with van der Waals surface area (Å²) in [5, 5.41) is 11.8. The second-order valence-corrected chi connectivity index (χ2v) is 15.7. The van der Waals surface area contributed by atoms with Gasteiger partial charge in [-0.05, 0) is 54.9 Å². The molecule has 2 saturated heterocycles. The number of rotatable bonds is 19. The molecule has 1 aromatic carbocycles. The first kappa shape index (κ1) is 43.6. The highest BCUT2D eigenvalue weighted by Crippen LogP contribution is 2.28. The van der Waals surface area contributed by atoms with Gasteiger partial charge in [-0.25, -0.2) is 19.6 Å². The maximum atomic E-state index is 13.2. The van der Waals surface area contributed by atoms with Gasteiger partial charge >= 0.3 is 11.4 Å². The van der Waals surface area contributed by atoms with Crippen molar-refractivity contribution in [2.75, 3.05) is 71.1 Å². The predicted molar refractivity (Wildman–Crippen MR) is 227 cm³/mol. The quantitative estimate of drug-likeness (QED) is 0.0466. The van der Waals surface area contributed by atoms with Gasteiger partial charge in [0.15, 0.2) is 6.61 Å². The standard InChI is InChI=1S/C40H46N12O9S/c1-50-31-17-28(6-7-29(31)38(56)61-40(50)57)60-24-35(54)52-23-27(48-49-41)16-32(52)37(55)42-8-11-58-13-14-59-12-9-43-39-44-19-25(20-45-39)21-51-10-2-4-26(22-51)36-46-30(18-34(53)47-36)33-5-3-15-62-33/h3,5-7,15,17-20,26-27,32H,2,4,8-14,16,21-24H2,1H3,(H,42,55)(H,43,44,45)(H,46,47,53)/t26?,27?,32-/m0/s1. The van der Waals surface area contributed by atoms with E-state index in [2.05, 4.69) is 49.9 Å². The molecule has 0 spiro atoms. The lowest BCUT2D eigenvalue weighted by atomic mass is 9.96. The van der Waals surface area contributed by atoms with Gasteiger partial charge in [0.05, 0.1) is 53.9 Å². The zero-order chi connectivity index (χ0) is 43.4. The van der Waals surface area contributed by atoms with E-state index in [1.807, 2.05) is 29.9 Å². The van der Waals surface area contributed by atoms with Crippen molar-refractivity contribution >= 4 is 40.0 Å². The molecule has 0 radical (unpaired) electrons. The molecule has 2 unspecified atom stereocenters. The van der Waals surface area contributed by atoms with Gasteiger partial charge < -0.3 is 39.1 Å². The average molecular weight is 871 g/mol. The van der Waals surface area contributed by atoms with Crippen LogP contribution in [-0.4, -0.2) is 124 Å².